The number of hydrogen-bond acceptors (Lipinski definition) is 5. The van der Waals surface area contributed by atoms with Gasteiger partial charge in [0.05, 0.1) is 12.7 Å². The molecule has 0 saturated carbocycles. The highest BCUT2D eigenvalue weighted by Crippen LogP contribution is 2.42. The molecule has 2 saturated heterocycles. The summed E-state index contributed by atoms with van der Waals surface area (Å²) in [5.74, 6) is 1.76. The van der Waals surface area contributed by atoms with Crippen molar-refractivity contribution >= 4 is 12.0 Å². The predicted molar refractivity (Wildman–Crippen MR) is 102 cm³/mol. The second-order valence-electron chi connectivity index (χ2n) is 7.44. The first-order chi connectivity index (χ1) is 12.7. The molecule has 0 atom stereocenters. The summed E-state index contributed by atoms with van der Waals surface area (Å²) in [4.78, 5) is 13.3. The summed E-state index contributed by atoms with van der Waals surface area (Å²) in [6.45, 7) is 4.51. The standard InChI is InChI=1S/C21H26N2O3/c1-25-20-14-16(2-4-18(20)19-5-3-17(15-24)26-19)23-12-8-21(9-13-23)6-10-22-11-7-21/h2-5,14-15,22H,6-13H2,1H3. The Balaban J connectivity index is 1.52. The van der Waals surface area contributed by atoms with Gasteiger partial charge in [-0.05, 0) is 68.5 Å². The third-order valence-electron chi connectivity index (χ3n) is 6.05. The summed E-state index contributed by atoms with van der Waals surface area (Å²) in [6, 6.07) is 9.72. The first kappa shape index (κ1) is 17.2. The molecule has 1 aromatic heterocycles. The Bertz CT molecular complexity index is 767. The number of piperidine rings is 2. The number of nitrogens with zero attached hydrogens (tertiary/aromatic N) is 1. The second-order valence-corrected chi connectivity index (χ2v) is 7.44. The van der Waals surface area contributed by atoms with Crippen LogP contribution in [0.5, 0.6) is 5.75 Å². The van der Waals surface area contributed by atoms with Crippen LogP contribution >= 0.6 is 0 Å². The van der Waals surface area contributed by atoms with Gasteiger partial charge in [0.25, 0.3) is 0 Å². The molecule has 1 spiro atoms. The quantitative estimate of drug-likeness (QED) is 0.848. The lowest BCUT2D eigenvalue weighted by atomic mass is 9.71. The maximum atomic E-state index is 10.9. The Morgan fingerprint density at radius 1 is 1.12 bits per heavy atom. The van der Waals surface area contributed by atoms with E-state index in [9.17, 15) is 4.79 Å². The van der Waals surface area contributed by atoms with Crippen LogP contribution in [0.3, 0.4) is 0 Å². The lowest BCUT2D eigenvalue weighted by molar-refractivity contribution is 0.110. The number of methoxy groups -OCH3 is 1. The van der Waals surface area contributed by atoms with Gasteiger partial charge in [0, 0.05) is 24.8 Å². The van der Waals surface area contributed by atoms with Crippen LogP contribution in [-0.4, -0.2) is 39.6 Å². The number of rotatable bonds is 4. The molecule has 0 radical (unpaired) electrons. The van der Waals surface area contributed by atoms with E-state index in [4.69, 9.17) is 9.15 Å². The van der Waals surface area contributed by atoms with Crippen LogP contribution in [0.4, 0.5) is 5.69 Å². The van der Waals surface area contributed by atoms with Crippen molar-refractivity contribution in [1.29, 1.82) is 0 Å². The van der Waals surface area contributed by atoms with Crippen molar-refractivity contribution in [1.82, 2.24) is 5.32 Å². The van der Waals surface area contributed by atoms with Crippen molar-refractivity contribution in [2.75, 3.05) is 38.2 Å². The minimum absolute atomic E-state index is 0.328. The molecule has 0 unspecified atom stereocenters. The molecule has 0 bridgehead atoms. The van der Waals surface area contributed by atoms with Crippen molar-refractivity contribution in [3.8, 4) is 17.1 Å². The summed E-state index contributed by atoms with van der Waals surface area (Å²) < 4.78 is 11.2. The maximum absolute atomic E-state index is 10.9. The minimum Gasteiger partial charge on any atom is -0.496 e. The fourth-order valence-electron chi connectivity index (χ4n) is 4.34. The number of anilines is 1. The van der Waals surface area contributed by atoms with Gasteiger partial charge in [0.1, 0.15) is 11.5 Å². The van der Waals surface area contributed by atoms with E-state index in [0.717, 1.165) is 37.5 Å². The molecule has 3 heterocycles. The summed E-state index contributed by atoms with van der Waals surface area (Å²) in [6.07, 6.45) is 5.86. The zero-order chi connectivity index (χ0) is 18.0. The Hall–Kier alpha value is -2.27. The SMILES string of the molecule is COc1cc(N2CCC3(CCNCC3)CC2)ccc1-c1ccc(C=O)o1. The molecule has 4 rings (SSSR count). The number of benzene rings is 1. The van der Waals surface area contributed by atoms with E-state index in [1.165, 1.54) is 31.4 Å². The molecular weight excluding hydrogens is 328 g/mol. The van der Waals surface area contributed by atoms with Gasteiger partial charge in [-0.1, -0.05) is 0 Å². The van der Waals surface area contributed by atoms with Crippen molar-refractivity contribution in [2.24, 2.45) is 5.41 Å². The minimum atomic E-state index is 0.328. The topological polar surface area (TPSA) is 54.7 Å². The Morgan fingerprint density at radius 3 is 2.54 bits per heavy atom. The molecule has 2 aliphatic heterocycles. The normalized spacial score (nSPS) is 19.5. The summed E-state index contributed by atoms with van der Waals surface area (Å²) in [7, 11) is 1.67. The van der Waals surface area contributed by atoms with Crippen LogP contribution in [0, 0.1) is 5.41 Å². The molecule has 138 valence electrons. The molecule has 26 heavy (non-hydrogen) atoms. The second kappa shape index (κ2) is 7.16. The van der Waals surface area contributed by atoms with E-state index in [0.29, 0.717) is 23.2 Å². The molecule has 0 aliphatic carbocycles. The number of ether oxygens (including phenoxy) is 1. The predicted octanol–water partition coefficient (Wildman–Crippen LogP) is 3.74. The van der Waals surface area contributed by atoms with Crippen LogP contribution in [0.2, 0.25) is 0 Å². The van der Waals surface area contributed by atoms with Gasteiger partial charge in [-0.2, -0.15) is 0 Å². The first-order valence-corrected chi connectivity index (χ1v) is 9.42. The summed E-state index contributed by atoms with van der Waals surface area (Å²) in [5, 5.41) is 3.48. The largest absolute Gasteiger partial charge is 0.496 e. The van der Waals surface area contributed by atoms with Crippen LogP contribution in [-0.2, 0) is 0 Å². The van der Waals surface area contributed by atoms with Crippen LogP contribution in [0.25, 0.3) is 11.3 Å². The highest BCUT2D eigenvalue weighted by atomic mass is 16.5. The summed E-state index contributed by atoms with van der Waals surface area (Å²) in [5.41, 5.74) is 2.61. The number of carbonyl (C=O) groups excluding carboxylic acids is 1. The van der Waals surface area contributed by atoms with Gasteiger partial charge < -0.3 is 19.4 Å². The number of hydrogen-bond donors (Lipinski definition) is 1. The van der Waals surface area contributed by atoms with Crippen molar-refractivity contribution in [2.45, 2.75) is 25.7 Å². The van der Waals surface area contributed by atoms with Gasteiger partial charge in [-0.25, -0.2) is 0 Å². The van der Waals surface area contributed by atoms with E-state index >= 15 is 0 Å². The third kappa shape index (κ3) is 3.23. The number of nitrogens with one attached hydrogen (secondary N) is 1. The monoisotopic (exact) mass is 354 g/mol. The smallest absolute Gasteiger partial charge is 0.185 e. The first-order valence-electron chi connectivity index (χ1n) is 9.42. The van der Waals surface area contributed by atoms with Crippen LogP contribution in [0.15, 0.2) is 34.7 Å². The van der Waals surface area contributed by atoms with Gasteiger partial charge in [-0.3, -0.25) is 4.79 Å². The van der Waals surface area contributed by atoms with Crippen molar-refractivity contribution in [3.63, 3.8) is 0 Å². The van der Waals surface area contributed by atoms with Crippen LogP contribution < -0.4 is 15.0 Å². The highest BCUT2D eigenvalue weighted by Gasteiger charge is 2.35. The van der Waals surface area contributed by atoms with E-state index in [1.807, 2.05) is 12.1 Å². The van der Waals surface area contributed by atoms with Gasteiger partial charge >= 0.3 is 0 Å². The number of aldehydes is 1. The van der Waals surface area contributed by atoms with E-state index in [-0.39, 0.29) is 0 Å². The molecule has 5 nitrogen and oxygen atoms in total. The molecule has 1 aromatic carbocycles. The van der Waals surface area contributed by atoms with Gasteiger partial charge in [0.15, 0.2) is 12.0 Å². The Labute approximate surface area is 154 Å². The molecule has 1 N–H and O–H groups in total. The fraction of sp³-hybridized carbons (Fsp3) is 0.476. The summed E-state index contributed by atoms with van der Waals surface area (Å²) >= 11 is 0. The van der Waals surface area contributed by atoms with Crippen molar-refractivity contribution in [3.05, 3.63) is 36.1 Å². The van der Waals surface area contributed by atoms with E-state index in [1.54, 1.807) is 13.2 Å². The lowest BCUT2D eigenvalue weighted by Gasteiger charge is -2.45. The zero-order valence-electron chi connectivity index (χ0n) is 15.3. The van der Waals surface area contributed by atoms with Gasteiger partial charge in [-0.15, -0.1) is 0 Å². The molecular formula is C21H26N2O3. The molecule has 2 fully saturated rings. The van der Waals surface area contributed by atoms with E-state index < -0.39 is 0 Å². The van der Waals surface area contributed by atoms with E-state index in [2.05, 4.69) is 22.3 Å². The van der Waals surface area contributed by atoms with Gasteiger partial charge in [0.2, 0.25) is 0 Å². The average Bonchev–Trinajstić information content (AvgIpc) is 3.18. The Kier molecular flexibility index (Phi) is 4.72. The van der Waals surface area contributed by atoms with Crippen LogP contribution in [0.1, 0.15) is 36.2 Å². The molecule has 2 aliphatic rings. The van der Waals surface area contributed by atoms with Crippen molar-refractivity contribution < 1.29 is 13.9 Å². The average molecular weight is 354 g/mol. The zero-order valence-corrected chi connectivity index (χ0v) is 15.3. The third-order valence-corrected chi connectivity index (χ3v) is 6.05. The molecule has 2 aromatic rings. The fourth-order valence-corrected chi connectivity index (χ4v) is 4.34. The number of furan rings is 1. The molecule has 5 heteroatoms. The highest BCUT2D eigenvalue weighted by molar-refractivity contribution is 5.75. The Morgan fingerprint density at radius 2 is 1.88 bits per heavy atom. The number of carbonyl (C=O) groups is 1. The maximum Gasteiger partial charge on any atom is 0.185 e. The molecule has 0 amide bonds. The lowest BCUT2D eigenvalue weighted by Crippen LogP contribution is -2.45.